The Bertz CT molecular complexity index is 703. The first-order valence-corrected chi connectivity index (χ1v) is 8.99. The second-order valence-corrected chi connectivity index (χ2v) is 6.27. The lowest BCUT2D eigenvalue weighted by atomic mass is 10.2. The first-order chi connectivity index (χ1) is 12.7. The van der Waals surface area contributed by atoms with Gasteiger partial charge in [-0.1, -0.05) is 6.07 Å². The first kappa shape index (κ1) is 18.0. The minimum Gasteiger partial charge on any atom is -0.459 e. The van der Waals surface area contributed by atoms with E-state index < -0.39 is 0 Å². The van der Waals surface area contributed by atoms with E-state index in [0.29, 0.717) is 38.5 Å². The number of hydrogen-bond acceptors (Lipinski definition) is 4. The van der Waals surface area contributed by atoms with Gasteiger partial charge in [0, 0.05) is 44.6 Å². The molecule has 3 heterocycles. The van der Waals surface area contributed by atoms with Crippen LogP contribution in [0.15, 0.2) is 47.2 Å². The Morgan fingerprint density at radius 1 is 1.08 bits per heavy atom. The maximum absolute atomic E-state index is 12.3. The maximum atomic E-state index is 12.3. The summed E-state index contributed by atoms with van der Waals surface area (Å²) in [5, 5.41) is 2.96. The van der Waals surface area contributed by atoms with Crippen LogP contribution < -0.4 is 5.32 Å². The number of amides is 3. The summed E-state index contributed by atoms with van der Waals surface area (Å²) in [7, 11) is 0. The van der Waals surface area contributed by atoms with E-state index in [9.17, 15) is 9.59 Å². The van der Waals surface area contributed by atoms with Gasteiger partial charge in [0.25, 0.3) is 5.91 Å². The molecule has 2 aromatic heterocycles. The van der Waals surface area contributed by atoms with Crippen molar-refractivity contribution in [3.8, 4) is 0 Å². The van der Waals surface area contributed by atoms with Crippen LogP contribution in [0.2, 0.25) is 0 Å². The summed E-state index contributed by atoms with van der Waals surface area (Å²) in [4.78, 5) is 32.5. The molecule has 1 aliphatic heterocycles. The highest BCUT2D eigenvalue weighted by Crippen LogP contribution is 2.10. The molecule has 0 bridgehead atoms. The molecule has 0 saturated carbocycles. The fourth-order valence-corrected chi connectivity index (χ4v) is 3.00. The number of urea groups is 1. The van der Waals surface area contributed by atoms with Crippen LogP contribution in [-0.4, -0.2) is 59.4 Å². The Kier molecular flexibility index (Phi) is 6.24. The summed E-state index contributed by atoms with van der Waals surface area (Å²) in [6.07, 6.45) is 5.72. The van der Waals surface area contributed by atoms with Crippen LogP contribution in [0, 0.1) is 0 Å². The van der Waals surface area contributed by atoms with Crippen LogP contribution in [0.1, 0.15) is 29.1 Å². The number of carbonyl (C=O) groups excluding carboxylic acids is 2. The van der Waals surface area contributed by atoms with Crippen LogP contribution in [0.5, 0.6) is 0 Å². The van der Waals surface area contributed by atoms with Crippen LogP contribution in [0.3, 0.4) is 0 Å². The molecule has 0 atom stereocenters. The Labute approximate surface area is 153 Å². The Morgan fingerprint density at radius 2 is 1.92 bits per heavy atom. The van der Waals surface area contributed by atoms with Crippen molar-refractivity contribution >= 4 is 11.9 Å². The van der Waals surface area contributed by atoms with Crippen LogP contribution >= 0.6 is 0 Å². The molecule has 0 unspecified atom stereocenters. The number of hydrogen-bond donors (Lipinski definition) is 1. The zero-order chi connectivity index (χ0) is 18.2. The smallest absolute Gasteiger partial charge is 0.317 e. The van der Waals surface area contributed by atoms with E-state index in [4.69, 9.17) is 4.42 Å². The van der Waals surface area contributed by atoms with Crippen molar-refractivity contribution in [3.05, 3.63) is 54.2 Å². The second-order valence-electron chi connectivity index (χ2n) is 6.27. The van der Waals surface area contributed by atoms with Gasteiger partial charge in [0.2, 0.25) is 0 Å². The lowest BCUT2D eigenvalue weighted by molar-refractivity contribution is 0.0730. The maximum Gasteiger partial charge on any atom is 0.317 e. The fraction of sp³-hybridized carbons (Fsp3) is 0.421. The van der Waals surface area contributed by atoms with Gasteiger partial charge in [0.1, 0.15) is 0 Å². The highest BCUT2D eigenvalue weighted by Gasteiger charge is 2.23. The molecule has 26 heavy (non-hydrogen) atoms. The summed E-state index contributed by atoms with van der Waals surface area (Å²) in [6, 6.07) is 9.15. The van der Waals surface area contributed by atoms with Gasteiger partial charge in [-0.3, -0.25) is 9.78 Å². The molecule has 3 amide bonds. The van der Waals surface area contributed by atoms with Crippen LogP contribution in [0.25, 0.3) is 0 Å². The van der Waals surface area contributed by atoms with E-state index in [1.54, 1.807) is 28.1 Å². The molecule has 2 aromatic rings. The molecule has 1 fully saturated rings. The average molecular weight is 356 g/mol. The molecular formula is C19H24N4O3. The van der Waals surface area contributed by atoms with Gasteiger partial charge >= 0.3 is 6.03 Å². The molecule has 7 nitrogen and oxygen atoms in total. The predicted octanol–water partition coefficient (Wildman–Crippen LogP) is 2.16. The van der Waals surface area contributed by atoms with Gasteiger partial charge < -0.3 is 19.5 Å². The number of rotatable bonds is 5. The number of nitrogens with one attached hydrogen (secondary N) is 1. The highest BCUT2D eigenvalue weighted by molar-refractivity contribution is 5.91. The third-order valence-corrected chi connectivity index (χ3v) is 4.41. The predicted molar refractivity (Wildman–Crippen MR) is 96.8 cm³/mol. The molecule has 1 saturated heterocycles. The lowest BCUT2D eigenvalue weighted by Crippen LogP contribution is -2.43. The third-order valence-electron chi connectivity index (χ3n) is 4.41. The summed E-state index contributed by atoms with van der Waals surface area (Å²) in [5.74, 6) is 0.227. The number of furan rings is 1. The molecule has 0 spiro atoms. The lowest BCUT2D eigenvalue weighted by Gasteiger charge is -2.22. The number of pyridine rings is 1. The van der Waals surface area contributed by atoms with E-state index in [2.05, 4.69) is 10.3 Å². The van der Waals surface area contributed by atoms with Gasteiger partial charge in [0.05, 0.1) is 6.26 Å². The minimum absolute atomic E-state index is 0.0710. The van der Waals surface area contributed by atoms with E-state index >= 15 is 0 Å². The van der Waals surface area contributed by atoms with E-state index in [0.717, 1.165) is 25.0 Å². The van der Waals surface area contributed by atoms with Gasteiger partial charge in [-0.2, -0.15) is 0 Å². The van der Waals surface area contributed by atoms with Crippen molar-refractivity contribution in [2.24, 2.45) is 0 Å². The molecular weight excluding hydrogens is 332 g/mol. The monoisotopic (exact) mass is 356 g/mol. The van der Waals surface area contributed by atoms with Crippen molar-refractivity contribution in [3.63, 3.8) is 0 Å². The molecule has 3 rings (SSSR count). The second kappa shape index (κ2) is 9.03. The highest BCUT2D eigenvalue weighted by atomic mass is 16.3. The van der Waals surface area contributed by atoms with Gasteiger partial charge in [-0.05, 0) is 43.5 Å². The summed E-state index contributed by atoms with van der Waals surface area (Å²) >= 11 is 0. The largest absolute Gasteiger partial charge is 0.459 e. The normalized spacial score (nSPS) is 14.8. The Morgan fingerprint density at radius 3 is 2.69 bits per heavy atom. The van der Waals surface area contributed by atoms with E-state index in [-0.39, 0.29) is 11.9 Å². The Balaban J connectivity index is 1.40. The van der Waals surface area contributed by atoms with Crippen LogP contribution in [0.4, 0.5) is 4.79 Å². The van der Waals surface area contributed by atoms with E-state index in [1.165, 1.54) is 6.26 Å². The van der Waals surface area contributed by atoms with Crippen molar-refractivity contribution in [1.82, 2.24) is 20.1 Å². The zero-order valence-corrected chi connectivity index (χ0v) is 14.8. The number of aromatic nitrogens is 1. The summed E-state index contributed by atoms with van der Waals surface area (Å²) < 4.78 is 5.18. The molecule has 0 aromatic carbocycles. The Hall–Kier alpha value is -2.83. The van der Waals surface area contributed by atoms with E-state index in [1.807, 2.05) is 18.2 Å². The number of carbonyl (C=O) groups is 2. The van der Waals surface area contributed by atoms with Crippen molar-refractivity contribution in [1.29, 1.82) is 0 Å². The van der Waals surface area contributed by atoms with Crippen molar-refractivity contribution in [2.45, 2.75) is 19.3 Å². The average Bonchev–Trinajstić information content (AvgIpc) is 3.10. The zero-order valence-electron chi connectivity index (χ0n) is 14.8. The summed E-state index contributed by atoms with van der Waals surface area (Å²) in [5.41, 5.74) is 1.03. The molecule has 1 N–H and O–H groups in total. The molecule has 7 heteroatoms. The SMILES string of the molecule is O=C(NCCCc1ccccn1)N1CCCN(C(=O)c2ccco2)CC1. The fourth-order valence-electron chi connectivity index (χ4n) is 3.00. The number of aryl methyl sites for hydroxylation is 1. The van der Waals surface area contributed by atoms with Gasteiger partial charge in [-0.25, -0.2) is 4.79 Å². The minimum atomic E-state index is -0.118. The standard InChI is InChI=1S/C19H24N4O3/c24-18(17-8-4-15-26-17)22-11-5-12-23(14-13-22)19(25)21-10-3-7-16-6-1-2-9-20-16/h1-2,4,6,8-9,15H,3,5,7,10-14H2,(H,21,25). The molecule has 0 aliphatic carbocycles. The van der Waals surface area contributed by atoms with Crippen molar-refractivity contribution < 1.29 is 14.0 Å². The molecule has 138 valence electrons. The van der Waals surface area contributed by atoms with Crippen molar-refractivity contribution in [2.75, 3.05) is 32.7 Å². The quantitative estimate of drug-likeness (QED) is 0.833. The molecule has 1 aliphatic rings. The van der Waals surface area contributed by atoms with Crippen LogP contribution in [-0.2, 0) is 6.42 Å². The van der Waals surface area contributed by atoms with Gasteiger partial charge in [0.15, 0.2) is 5.76 Å². The summed E-state index contributed by atoms with van der Waals surface area (Å²) in [6.45, 7) is 2.93. The first-order valence-electron chi connectivity index (χ1n) is 8.99. The van der Waals surface area contributed by atoms with Gasteiger partial charge in [-0.15, -0.1) is 0 Å². The number of nitrogens with zero attached hydrogens (tertiary/aromatic N) is 3. The topological polar surface area (TPSA) is 78.7 Å². The molecule has 0 radical (unpaired) electrons. The third kappa shape index (κ3) is 4.84.